The molecular formula is C18H22F2IN3O2. The van der Waals surface area contributed by atoms with E-state index in [0.717, 1.165) is 16.8 Å². The van der Waals surface area contributed by atoms with E-state index in [1.807, 2.05) is 31.2 Å². The molecule has 5 nitrogen and oxygen atoms in total. The first-order valence-corrected chi connectivity index (χ1v) is 7.73. The number of nitrogens with zero attached hydrogens (tertiary/aromatic N) is 1. The normalized spacial score (nSPS) is 11.0. The second kappa shape index (κ2) is 10.8. The van der Waals surface area contributed by atoms with Crippen LogP contribution in [0.1, 0.15) is 11.1 Å². The van der Waals surface area contributed by atoms with Crippen molar-refractivity contribution in [1.29, 1.82) is 0 Å². The van der Waals surface area contributed by atoms with Gasteiger partial charge in [-0.2, -0.15) is 8.78 Å². The number of guanidine groups is 1. The summed E-state index contributed by atoms with van der Waals surface area (Å²) in [6.07, 6.45) is 0.528. The number of benzene rings is 2. The van der Waals surface area contributed by atoms with E-state index in [2.05, 4.69) is 15.0 Å². The molecule has 0 aromatic heterocycles. The molecule has 142 valence electrons. The third-order valence-corrected chi connectivity index (χ3v) is 3.45. The molecule has 0 aliphatic rings. The van der Waals surface area contributed by atoms with E-state index >= 15 is 0 Å². The number of nitrogens with two attached hydrogens (primary N) is 1. The van der Waals surface area contributed by atoms with Crippen LogP contribution in [0.4, 0.5) is 14.5 Å². The topological polar surface area (TPSA) is 68.9 Å². The zero-order chi connectivity index (χ0) is 18.2. The van der Waals surface area contributed by atoms with Crippen molar-refractivity contribution in [2.45, 2.75) is 20.0 Å². The SMILES string of the molecule is COc1ccc(CCN=C(N)Nc2ccc(C)cc2)cc1OC(F)F.I. The fourth-order valence-corrected chi connectivity index (χ4v) is 2.19. The van der Waals surface area contributed by atoms with Gasteiger partial charge in [0.2, 0.25) is 0 Å². The minimum Gasteiger partial charge on any atom is -0.493 e. The molecule has 0 amide bonds. The number of methoxy groups -OCH3 is 1. The Bertz CT molecular complexity index is 725. The molecule has 2 aromatic rings. The first-order chi connectivity index (χ1) is 12.0. The van der Waals surface area contributed by atoms with Gasteiger partial charge in [-0.15, -0.1) is 24.0 Å². The van der Waals surface area contributed by atoms with Crippen LogP contribution in [0.15, 0.2) is 47.5 Å². The highest BCUT2D eigenvalue weighted by Crippen LogP contribution is 2.29. The van der Waals surface area contributed by atoms with Crippen LogP contribution >= 0.6 is 24.0 Å². The van der Waals surface area contributed by atoms with Crippen LogP contribution in [0, 0.1) is 6.92 Å². The molecular weight excluding hydrogens is 455 g/mol. The van der Waals surface area contributed by atoms with Gasteiger partial charge in [0.15, 0.2) is 17.5 Å². The lowest BCUT2D eigenvalue weighted by Crippen LogP contribution is -2.23. The van der Waals surface area contributed by atoms with Gasteiger partial charge in [0.05, 0.1) is 7.11 Å². The summed E-state index contributed by atoms with van der Waals surface area (Å²) in [6, 6.07) is 12.6. The van der Waals surface area contributed by atoms with Gasteiger partial charge in [-0.25, -0.2) is 0 Å². The van der Waals surface area contributed by atoms with Crippen molar-refractivity contribution in [1.82, 2.24) is 0 Å². The van der Waals surface area contributed by atoms with Crippen LogP contribution in [-0.2, 0) is 6.42 Å². The molecule has 2 rings (SSSR count). The maximum Gasteiger partial charge on any atom is 0.387 e. The fourth-order valence-electron chi connectivity index (χ4n) is 2.19. The summed E-state index contributed by atoms with van der Waals surface area (Å²) in [5, 5.41) is 2.99. The molecule has 0 atom stereocenters. The predicted octanol–water partition coefficient (Wildman–Crippen LogP) is 4.19. The minimum absolute atomic E-state index is 0. The van der Waals surface area contributed by atoms with E-state index in [9.17, 15) is 8.78 Å². The molecule has 0 unspecified atom stereocenters. The first kappa shape index (κ1) is 21.9. The maximum atomic E-state index is 12.4. The maximum absolute atomic E-state index is 12.4. The number of aliphatic imine (C=N–C) groups is 1. The molecule has 3 N–H and O–H groups in total. The molecule has 0 spiro atoms. The number of nitrogens with one attached hydrogen (secondary N) is 1. The molecule has 0 radical (unpaired) electrons. The van der Waals surface area contributed by atoms with Crippen molar-refractivity contribution in [3.05, 3.63) is 53.6 Å². The van der Waals surface area contributed by atoms with Gasteiger partial charge in [-0.3, -0.25) is 4.99 Å². The van der Waals surface area contributed by atoms with Crippen molar-refractivity contribution < 1.29 is 18.3 Å². The van der Waals surface area contributed by atoms with Crippen molar-refractivity contribution in [2.75, 3.05) is 19.0 Å². The van der Waals surface area contributed by atoms with Gasteiger partial charge < -0.3 is 20.5 Å². The van der Waals surface area contributed by atoms with Gasteiger partial charge in [0, 0.05) is 12.2 Å². The van der Waals surface area contributed by atoms with Crippen molar-refractivity contribution in [2.24, 2.45) is 10.7 Å². The van der Waals surface area contributed by atoms with Crippen LogP contribution in [0.2, 0.25) is 0 Å². The van der Waals surface area contributed by atoms with Crippen molar-refractivity contribution in [3.63, 3.8) is 0 Å². The van der Waals surface area contributed by atoms with Crippen LogP contribution < -0.4 is 20.5 Å². The Labute approximate surface area is 168 Å². The lowest BCUT2D eigenvalue weighted by Gasteiger charge is -2.11. The summed E-state index contributed by atoms with van der Waals surface area (Å²) >= 11 is 0. The highest BCUT2D eigenvalue weighted by atomic mass is 127. The molecule has 26 heavy (non-hydrogen) atoms. The molecule has 0 aliphatic heterocycles. The molecule has 0 aliphatic carbocycles. The lowest BCUT2D eigenvalue weighted by molar-refractivity contribution is -0.0512. The van der Waals surface area contributed by atoms with E-state index < -0.39 is 6.61 Å². The minimum atomic E-state index is -2.91. The Kier molecular flexibility index (Phi) is 9.11. The van der Waals surface area contributed by atoms with Crippen LogP contribution in [0.5, 0.6) is 11.5 Å². The molecule has 8 heteroatoms. The summed E-state index contributed by atoms with van der Waals surface area (Å²) in [5.41, 5.74) is 8.64. The Morgan fingerprint density at radius 2 is 1.85 bits per heavy atom. The summed E-state index contributed by atoms with van der Waals surface area (Å²) in [4.78, 5) is 4.23. The number of hydrogen-bond donors (Lipinski definition) is 2. The zero-order valence-electron chi connectivity index (χ0n) is 14.5. The average molecular weight is 477 g/mol. The molecule has 0 fully saturated rings. The van der Waals surface area contributed by atoms with Gasteiger partial charge in [-0.1, -0.05) is 23.8 Å². The fraction of sp³-hybridized carbons (Fsp3) is 0.278. The highest BCUT2D eigenvalue weighted by molar-refractivity contribution is 14.0. The highest BCUT2D eigenvalue weighted by Gasteiger charge is 2.11. The molecule has 0 heterocycles. The number of halogens is 3. The Hall–Kier alpha value is -2.10. The molecule has 0 saturated heterocycles. The zero-order valence-corrected chi connectivity index (χ0v) is 16.9. The average Bonchev–Trinajstić information content (AvgIpc) is 2.57. The van der Waals surface area contributed by atoms with E-state index in [4.69, 9.17) is 10.5 Å². The summed E-state index contributed by atoms with van der Waals surface area (Å²) < 4.78 is 34.3. The Morgan fingerprint density at radius 1 is 1.15 bits per heavy atom. The van der Waals surface area contributed by atoms with Crippen LogP contribution in [-0.4, -0.2) is 26.2 Å². The summed E-state index contributed by atoms with van der Waals surface area (Å²) in [5.74, 6) is 0.555. The van der Waals surface area contributed by atoms with Gasteiger partial charge >= 0.3 is 6.61 Å². The van der Waals surface area contributed by atoms with Gasteiger partial charge in [0.25, 0.3) is 0 Å². The Morgan fingerprint density at radius 3 is 2.46 bits per heavy atom. The largest absolute Gasteiger partial charge is 0.493 e. The summed E-state index contributed by atoms with van der Waals surface area (Å²) in [7, 11) is 1.40. The third-order valence-electron chi connectivity index (χ3n) is 3.45. The second-order valence-electron chi connectivity index (χ2n) is 5.37. The first-order valence-electron chi connectivity index (χ1n) is 7.73. The second-order valence-corrected chi connectivity index (χ2v) is 5.37. The molecule has 0 saturated carbocycles. The number of rotatable bonds is 7. The van der Waals surface area contributed by atoms with E-state index in [1.54, 1.807) is 12.1 Å². The standard InChI is InChI=1S/C18H21F2N3O2.HI/c1-12-3-6-14(7-4-12)23-18(21)22-10-9-13-5-8-15(24-2)16(11-13)25-17(19)20;/h3-8,11,17H,9-10H2,1-2H3,(H3,21,22,23);1H. The van der Waals surface area contributed by atoms with Crippen LogP contribution in [0.25, 0.3) is 0 Å². The number of ether oxygens (including phenoxy) is 2. The van der Waals surface area contributed by atoms with Crippen LogP contribution in [0.3, 0.4) is 0 Å². The Balaban J connectivity index is 0.00000338. The number of anilines is 1. The smallest absolute Gasteiger partial charge is 0.387 e. The van der Waals surface area contributed by atoms with E-state index in [-0.39, 0.29) is 35.5 Å². The molecule has 2 aromatic carbocycles. The summed E-state index contributed by atoms with van der Waals surface area (Å²) in [6.45, 7) is -0.496. The van der Waals surface area contributed by atoms with Gasteiger partial charge in [0.1, 0.15) is 0 Å². The predicted molar refractivity (Wildman–Crippen MR) is 110 cm³/mol. The lowest BCUT2D eigenvalue weighted by atomic mass is 10.1. The van der Waals surface area contributed by atoms with Gasteiger partial charge in [-0.05, 0) is 43.2 Å². The quantitative estimate of drug-likeness (QED) is 0.357. The van der Waals surface area contributed by atoms with Crippen molar-refractivity contribution in [3.8, 4) is 11.5 Å². The van der Waals surface area contributed by atoms with Crippen molar-refractivity contribution >= 4 is 35.6 Å². The number of alkyl halides is 2. The van der Waals surface area contributed by atoms with E-state index in [0.29, 0.717) is 18.9 Å². The van der Waals surface area contributed by atoms with E-state index in [1.165, 1.54) is 13.2 Å². The number of hydrogen-bond acceptors (Lipinski definition) is 3. The molecule has 0 bridgehead atoms. The third kappa shape index (κ3) is 7.03. The monoisotopic (exact) mass is 477 g/mol. The number of aryl methyl sites for hydroxylation is 1.